The first kappa shape index (κ1) is 21.6. The molecule has 1 amide bonds. The highest BCUT2D eigenvalue weighted by Gasteiger charge is 2.16. The molecule has 0 bridgehead atoms. The van der Waals surface area contributed by atoms with E-state index in [1.165, 1.54) is 44.2 Å². The van der Waals surface area contributed by atoms with Crippen molar-refractivity contribution in [2.24, 2.45) is 0 Å². The zero-order valence-corrected chi connectivity index (χ0v) is 18.4. The number of pyridine rings is 1. The molecule has 0 atom stereocenters. The van der Waals surface area contributed by atoms with Crippen molar-refractivity contribution in [3.8, 4) is 5.75 Å². The van der Waals surface area contributed by atoms with Crippen molar-refractivity contribution in [3.05, 3.63) is 72.4 Å². The summed E-state index contributed by atoms with van der Waals surface area (Å²) in [5, 5.41) is 2.79. The van der Waals surface area contributed by atoms with Crippen LogP contribution < -0.4 is 19.7 Å². The molecular weight excluding hydrogens is 428 g/mol. The van der Waals surface area contributed by atoms with E-state index in [-0.39, 0.29) is 10.8 Å². The van der Waals surface area contributed by atoms with E-state index >= 15 is 0 Å². The van der Waals surface area contributed by atoms with Gasteiger partial charge in [-0.2, -0.15) is 0 Å². The molecule has 3 aromatic rings. The lowest BCUT2D eigenvalue weighted by Crippen LogP contribution is -2.19. The minimum absolute atomic E-state index is 0.0569. The zero-order chi connectivity index (χ0) is 22.6. The van der Waals surface area contributed by atoms with E-state index in [1.54, 1.807) is 30.5 Å². The Hall–Kier alpha value is -3.59. The average molecular weight is 453 g/mol. The summed E-state index contributed by atoms with van der Waals surface area (Å²) in [5.74, 6) is 1.19. The Bertz CT molecular complexity index is 1170. The summed E-state index contributed by atoms with van der Waals surface area (Å²) in [6.45, 7) is 2.00. The number of benzene rings is 2. The number of sulfonamides is 1. The van der Waals surface area contributed by atoms with Gasteiger partial charge >= 0.3 is 0 Å². The van der Waals surface area contributed by atoms with Crippen molar-refractivity contribution in [3.63, 3.8) is 0 Å². The van der Waals surface area contributed by atoms with Crippen molar-refractivity contribution in [2.45, 2.75) is 17.7 Å². The summed E-state index contributed by atoms with van der Waals surface area (Å²) in [4.78, 5) is 19.2. The molecule has 0 aliphatic carbocycles. The minimum Gasteiger partial charge on any atom is -0.497 e. The van der Waals surface area contributed by atoms with Crippen molar-refractivity contribution >= 4 is 33.1 Å². The molecule has 2 N–H and O–H groups in total. The standard InChI is InChI=1S/C23H24N4O4S/c1-31-20-9-6-18(7-10-20)26-32(29,30)21-11-4-17(5-12-21)23(28)25-19-8-13-22(24-16-19)27-14-2-3-15-27/h4-13,16,26H,2-3,14-15H2,1H3,(H,25,28). The van der Waals surface area contributed by atoms with Crippen LogP contribution in [0.4, 0.5) is 17.2 Å². The molecule has 1 fully saturated rings. The first-order valence-corrected chi connectivity index (χ1v) is 11.7. The van der Waals surface area contributed by atoms with Gasteiger partial charge < -0.3 is 15.0 Å². The van der Waals surface area contributed by atoms with Crippen LogP contribution in [-0.2, 0) is 10.0 Å². The number of nitrogens with zero attached hydrogens (tertiary/aromatic N) is 2. The highest BCUT2D eigenvalue weighted by Crippen LogP contribution is 2.21. The van der Waals surface area contributed by atoms with Crippen LogP contribution in [0.3, 0.4) is 0 Å². The third-order valence-corrected chi connectivity index (χ3v) is 6.60. The lowest BCUT2D eigenvalue weighted by Gasteiger charge is -2.16. The van der Waals surface area contributed by atoms with Gasteiger partial charge in [0.25, 0.3) is 15.9 Å². The van der Waals surface area contributed by atoms with Gasteiger partial charge in [-0.15, -0.1) is 0 Å². The van der Waals surface area contributed by atoms with E-state index in [4.69, 9.17) is 4.74 Å². The first-order chi connectivity index (χ1) is 15.4. The molecule has 1 aliphatic rings. The molecule has 2 aromatic carbocycles. The highest BCUT2D eigenvalue weighted by atomic mass is 32.2. The van der Waals surface area contributed by atoms with Crippen LogP contribution in [0.5, 0.6) is 5.75 Å². The zero-order valence-electron chi connectivity index (χ0n) is 17.6. The summed E-state index contributed by atoms with van der Waals surface area (Å²) in [6, 6.07) is 16.0. The molecule has 1 saturated heterocycles. The second-order valence-corrected chi connectivity index (χ2v) is 9.09. The molecule has 1 aromatic heterocycles. The largest absolute Gasteiger partial charge is 0.497 e. The molecule has 9 heteroatoms. The number of anilines is 3. The van der Waals surface area contributed by atoms with Crippen LogP contribution in [0.1, 0.15) is 23.2 Å². The van der Waals surface area contributed by atoms with E-state index in [9.17, 15) is 13.2 Å². The molecular formula is C23H24N4O4S. The summed E-state index contributed by atoms with van der Waals surface area (Å²) in [6.07, 6.45) is 3.96. The number of amides is 1. The molecule has 2 heterocycles. The average Bonchev–Trinajstić information content (AvgIpc) is 3.35. The Morgan fingerprint density at radius 2 is 1.59 bits per heavy atom. The van der Waals surface area contributed by atoms with Crippen LogP contribution in [0.15, 0.2) is 71.8 Å². The Morgan fingerprint density at radius 3 is 2.19 bits per heavy atom. The van der Waals surface area contributed by atoms with Gasteiger partial charge in [0.05, 0.1) is 23.9 Å². The maximum Gasteiger partial charge on any atom is 0.261 e. The normalized spacial score (nSPS) is 13.6. The van der Waals surface area contributed by atoms with E-state index in [0.29, 0.717) is 22.7 Å². The van der Waals surface area contributed by atoms with Crippen LogP contribution in [-0.4, -0.2) is 39.5 Å². The monoisotopic (exact) mass is 452 g/mol. The van der Waals surface area contributed by atoms with E-state index in [2.05, 4.69) is 19.9 Å². The van der Waals surface area contributed by atoms with Crippen molar-refractivity contribution in [1.29, 1.82) is 0 Å². The number of nitrogens with one attached hydrogen (secondary N) is 2. The summed E-state index contributed by atoms with van der Waals surface area (Å²) >= 11 is 0. The Morgan fingerprint density at radius 1 is 0.938 bits per heavy atom. The van der Waals surface area contributed by atoms with E-state index in [1.807, 2.05) is 12.1 Å². The lowest BCUT2D eigenvalue weighted by molar-refractivity contribution is 0.102. The number of carbonyl (C=O) groups excluding carboxylic acids is 1. The van der Waals surface area contributed by atoms with E-state index < -0.39 is 10.0 Å². The second kappa shape index (κ2) is 9.27. The summed E-state index contributed by atoms with van der Waals surface area (Å²) in [5.41, 5.74) is 1.34. The van der Waals surface area contributed by atoms with E-state index in [0.717, 1.165) is 18.9 Å². The molecule has 0 unspecified atom stereocenters. The molecule has 32 heavy (non-hydrogen) atoms. The van der Waals surface area contributed by atoms with Gasteiger partial charge in [-0.05, 0) is 73.5 Å². The molecule has 8 nitrogen and oxygen atoms in total. The quantitative estimate of drug-likeness (QED) is 0.566. The molecule has 0 radical (unpaired) electrons. The maximum atomic E-state index is 12.6. The number of hydrogen-bond acceptors (Lipinski definition) is 6. The highest BCUT2D eigenvalue weighted by molar-refractivity contribution is 7.92. The Balaban J connectivity index is 1.40. The van der Waals surface area contributed by atoms with Gasteiger partial charge in [0.2, 0.25) is 0 Å². The Kier molecular flexibility index (Phi) is 6.27. The number of hydrogen-bond donors (Lipinski definition) is 2. The van der Waals surface area contributed by atoms with Gasteiger partial charge in [-0.1, -0.05) is 0 Å². The van der Waals surface area contributed by atoms with Crippen LogP contribution in [0.2, 0.25) is 0 Å². The number of ether oxygens (including phenoxy) is 1. The second-order valence-electron chi connectivity index (χ2n) is 7.41. The SMILES string of the molecule is COc1ccc(NS(=O)(=O)c2ccc(C(=O)Nc3ccc(N4CCCC4)nc3)cc2)cc1. The lowest BCUT2D eigenvalue weighted by atomic mass is 10.2. The molecule has 4 rings (SSSR count). The van der Waals surface area contributed by atoms with Crippen molar-refractivity contribution in [1.82, 2.24) is 4.98 Å². The fourth-order valence-electron chi connectivity index (χ4n) is 3.46. The third-order valence-electron chi connectivity index (χ3n) is 5.20. The minimum atomic E-state index is -3.78. The number of aromatic nitrogens is 1. The summed E-state index contributed by atoms with van der Waals surface area (Å²) < 4.78 is 32.8. The molecule has 0 saturated carbocycles. The van der Waals surface area contributed by atoms with Gasteiger partial charge in [0.1, 0.15) is 11.6 Å². The first-order valence-electron chi connectivity index (χ1n) is 10.2. The number of carbonyl (C=O) groups is 1. The van der Waals surface area contributed by atoms with Gasteiger partial charge in [-0.3, -0.25) is 9.52 Å². The fraction of sp³-hybridized carbons (Fsp3) is 0.217. The van der Waals surface area contributed by atoms with Crippen LogP contribution in [0.25, 0.3) is 0 Å². The molecule has 166 valence electrons. The number of rotatable bonds is 7. The predicted molar refractivity (Wildman–Crippen MR) is 124 cm³/mol. The fourth-order valence-corrected chi connectivity index (χ4v) is 4.51. The van der Waals surface area contributed by atoms with Crippen LogP contribution >= 0.6 is 0 Å². The van der Waals surface area contributed by atoms with Gasteiger partial charge in [-0.25, -0.2) is 13.4 Å². The Labute approximate surface area is 187 Å². The van der Waals surface area contributed by atoms with Gasteiger partial charge in [0.15, 0.2) is 0 Å². The smallest absolute Gasteiger partial charge is 0.261 e. The number of methoxy groups -OCH3 is 1. The van der Waals surface area contributed by atoms with Crippen LogP contribution in [0, 0.1) is 0 Å². The predicted octanol–water partition coefficient (Wildman–Crippen LogP) is 3.74. The topological polar surface area (TPSA) is 101 Å². The maximum absolute atomic E-state index is 12.6. The van der Waals surface area contributed by atoms with Crippen molar-refractivity contribution < 1.29 is 17.9 Å². The van der Waals surface area contributed by atoms with Crippen molar-refractivity contribution in [2.75, 3.05) is 35.1 Å². The third kappa shape index (κ3) is 5.00. The molecule has 0 spiro atoms. The summed E-state index contributed by atoms with van der Waals surface area (Å²) in [7, 11) is -2.25. The van der Waals surface area contributed by atoms with Gasteiger partial charge in [0, 0.05) is 24.3 Å². The molecule has 1 aliphatic heterocycles.